The first-order chi connectivity index (χ1) is 8.10. The third-order valence-corrected chi connectivity index (χ3v) is 2.47. The van der Waals surface area contributed by atoms with Gasteiger partial charge in [-0.15, -0.1) is 0 Å². The van der Waals surface area contributed by atoms with Gasteiger partial charge in [0.25, 0.3) is 0 Å². The summed E-state index contributed by atoms with van der Waals surface area (Å²) in [5.41, 5.74) is 0. The standard InChI is InChI=1S/C12H26N2O3/c1-10(8-15)5-4-6-13-7-12(16)14-11(2)9-17-3/h10-11,13,15H,4-9H2,1-3H3,(H,14,16). The maximum Gasteiger partial charge on any atom is 0.234 e. The van der Waals surface area contributed by atoms with E-state index < -0.39 is 0 Å². The highest BCUT2D eigenvalue weighted by molar-refractivity contribution is 5.78. The summed E-state index contributed by atoms with van der Waals surface area (Å²) in [5.74, 6) is 0.331. The molecule has 0 aromatic heterocycles. The summed E-state index contributed by atoms with van der Waals surface area (Å²) in [4.78, 5) is 11.4. The number of carbonyl (C=O) groups is 1. The molecule has 0 spiro atoms. The first-order valence-corrected chi connectivity index (χ1v) is 6.20. The highest BCUT2D eigenvalue weighted by Gasteiger charge is 2.06. The molecule has 0 saturated heterocycles. The number of nitrogens with one attached hydrogen (secondary N) is 2. The smallest absolute Gasteiger partial charge is 0.234 e. The molecule has 0 aliphatic rings. The lowest BCUT2D eigenvalue weighted by Gasteiger charge is -2.13. The lowest BCUT2D eigenvalue weighted by molar-refractivity contribution is -0.121. The Kier molecular flexibility index (Phi) is 10.1. The van der Waals surface area contributed by atoms with Gasteiger partial charge < -0.3 is 20.5 Å². The van der Waals surface area contributed by atoms with Crippen molar-refractivity contribution in [2.24, 2.45) is 5.92 Å². The molecule has 102 valence electrons. The Morgan fingerprint density at radius 3 is 2.71 bits per heavy atom. The number of hydrogen-bond acceptors (Lipinski definition) is 4. The minimum Gasteiger partial charge on any atom is -0.396 e. The van der Waals surface area contributed by atoms with Crippen LogP contribution in [0.1, 0.15) is 26.7 Å². The van der Waals surface area contributed by atoms with Crippen molar-refractivity contribution in [1.29, 1.82) is 0 Å². The Labute approximate surface area is 104 Å². The van der Waals surface area contributed by atoms with Crippen molar-refractivity contribution in [3.63, 3.8) is 0 Å². The predicted octanol–water partition coefficient (Wildman–Crippen LogP) is 0.136. The summed E-state index contributed by atoms with van der Waals surface area (Å²) in [6.07, 6.45) is 1.95. The van der Waals surface area contributed by atoms with Gasteiger partial charge in [-0.3, -0.25) is 4.79 Å². The molecule has 0 rings (SSSR count). The molecule has 0 aliphatic carbocycles. The summed E-state index contributed by atoms with van der Waals surface area (Å²) in [7, 11) is 1.61. The SMILES string of the molecule is COCC(C)NC(=O)CNCCCC(C)CO. The Bertz CT molecular complexity index is 200. The second kappa shape index (κ2) is 10.5. The van der Waals surface area contributed by atoms with Crippen LogP contribution < -0.4 is 10.6 Å². The van der Waals surface area contributed by atoms with Crippen molar-refractivity contribution in [3.05, 3.63) is 0 Å². The van der Waals surface area contributed by atoms with E-state index in [0.29, 0.717) is 19.1 Å². The van der Waals surface area contributed by atoms with Gasteiger partial charge >= 0.3 is 0 Å². The Morgan fingerprint density at radius 1 is 1.41 bits per heavy atom. The van der Waals surface area contributed by atoms with E-state index in [1.54, 1.807) is 7.11 Å². The molecule has 2 atom stereocenters. The molecule has 0 fully saturated rings. The number of rotatable bonds is 10. The number of carbonyl (C=O) groups excluding carboxylic acids is 1. The number of aliphatic hydroxyl groups excluding tert-OH is 1. The molecule has 2 unspecified atom stereocenters. The third kappa shape index (κ3) is 10.2. The van der Waals surface area contributed by atoms with E-state index in [0.717, 1.165) is 19.4 Å². The van der Waals surface area contributed by atoms with E-state index in [2.05, 4.69) is 10.6 Å². The van der Waals surface area contributed by atoms with Crippen molar-refractivity contribution in [2.75, 3.05) is 33.4 Å². The van der Waals surface area contributed by atoms with Crippen LogP contribution in [-0.4, -0.2) is 50.5 Å². The summed E-state index contributed by atoms with van der Waals surface area (Å²) >= 11 is 0. The van der Waals surface area contributed by atoms with Gasteiger partial charge in [0.15, 0.2) is 0 Å². The van der Waals surface area contributed by atoms with Crippen LogP contribution in [0.4, 0.5) is 0 Å². The van der Waals surface area contributed by atoms with E-state index in [1.165, 1.54) is 0 Å². The molecule has 1 amide bonds. The number of hydrogen-bond donors (Lipinski definition) is 3. The molecule has 0 aliphatic heterocycles. The number of amides is 1. The van der Waals surface area contributed by atoms with Gasteiger partial charge in [0, 0.05) is 19.8 Å². The lowest BCUT2D eigenvalue weighted by Crippen LogP contribution is -2.41. The number of aliphatic hydroxyl groups is 1. The second-order valence-corrected chi connectivity index (χ2v) is 4.53. The minimum absolute atomic E-state index is 0.00948. The van der Waals surface area contributed by atoms with Crippen molar-refractivity contribution >= 4 is 5.91 Å². The fourth-order valence-corrected chi connectivity index (χ4v) is 1.49. The quantitative estimate of drug-likeness (QED) is 0.479. The van der Waals surface area contributed by atoms with Crippen LogP contribution in [0, 0.1) is 5.92 Å². The van der Waals surface area contributed by atoms with E-state index in [9.17, 15) is 4.79 Å². The fraction of sp³-hybridized carbons (Fsp3) is 0.917. The minimum atomic E-state index is -0.00948. The highest BCUT2D eigenvalue weighted by Crippen LogP contribution is 2.02. The molecule has 0 aromatic carbocycles. The molecule has 3 N–H and O–H groups in total. The lowest BCUT2D eigenvalue weighted by atomic mass is 10.1. The van der Waals surface area contributed by atoms with Crippen LogP contribution in [0.5, 0.6) is 0 Å². The first-order valence-electron chi connectivity index (χ1n) is 6.20. The largest absolute Gasteiger partial charge is 0.396 e. The fourth-order valence-electron chi connectivity index (χ4n) is 1.49. The number of methoxy groups -OCH3 is 1. The van der Waals surface area contributed by atoms with E-state index >= 15 is 0 Å². The summed E-state index contributed by atoms with van der Waals surface area (Å²) in [5, 5.41) is 14.7. The average molecular weight is 246 g/mol. The van der Waals surface area contributed by atoms with Crippen molar-refractivity contribution in [3.8, 4) is 0 Å². The van der Waals surface area contributed by atoms with E-state index in [1.807, 2.05) is 13.8 Å². The molecular formula is C12H26N2O3. The zero-order valence-corrected chi connectivity index (χ0v) is 11.2. The van der Waals surface area contributed by atoms with Crippen LogP contribution in [0.3, 0.4) is 0 Å². The van der Waals surface area contributed by atoms with Gasteiger partial charge in [-0.25, -0.2) is 0 Å². The Balaban J connectivity index is 3.39. The van der Waals surface area contributed by atoms with Crippen LogP contribution in [-0.2, 0) is 9.53 Å². The molecule has 0 saturated carbocycles. The Hall–Kier alpha value is -0.650. The predicted molar refractivity (Wildman–Crippen MR) is 67.8 cm³/mol. The molecule has 0 bridgehead atoms. The molecule has 0 aromatic rings. The summed E-state index contributed by atoms with van der Waals surface area (Å²) in [6.45, 7) is 5.82. The van der Waals surface area contributed by atoms with Crippen LogP contribution in [0.15, 0.2) is 0 Å². The van der Waals surface area contributed by atoms with Crippen LogP contribution in [0.2, 0.25) is 0 Å². The number of ether oxygens (including phenoxy) is 1. The van der Waals surface area contributed by atoms with Gasteiger partial charge in [-0.1, -0.05) is 6.92 Å². The monoisotopic (exact) mass is 246 g/mol. The molecule has 17 heavy (non-hydrogen) atoms. The maximum atomic E-state index is 11.4. The maximum absolute atomic E-state index is 11.4. The van der Waals surface area contributed by atoms with Gasteiger partial charge in [0.1, 0.15) is 0 Å². The topological polar surface area (TPSA) is 70.6 Å². The summed E-state index contributed by atoms with van der Waals surface area (Å²) in [6, 6.07) is 0.0451. The van der Waals surface area contributed by atoms with Crippen LogP contribution >= 0.6 is 0 Å². The normalized spacial score (nSPS) is 14.4. The zero-order valence-electron chi connectivity index (χ0n) is 11.2. The highest BCUT2D eigenvalue weighted by atomic mass is 16.5. The zero-order chi connectivity index (χ0) is 13.1. The van der Waals surface area contributed by atoms with Crippen molar-refractivity contribution < 1.29 is 14.6 Å². The van der Waals surface area contributed by atoms with Crippen LogP contribution in [0.25, 0.3) is 0 Å². The van der Waals surface area contributed by atoms with Gasteiger partial charge in [-0.2, -0.15) is 0 Å². The van der Waals surface area contributed by atoms with Crippen molar-refractivity contribution in [1.82, 2.24) is 10.6 Å². The van der Waals surface area contributed by atoms with E-state index in [-0.39, 0.29) is 18.6 Å². The molecule has 0 radical (unpaired) electrons. The molecule has 5 nitrogen and oxygen atoms in total. The molecular weight excluding hydrogens is 220 g/mol. The average Bonchev–Trinajstić information content (AvgIpc) is 2.28. The van der Waals surface area contributed by atoms with Gasteiger partial charge in [0.05, 0.1) is 13.2 Å². The summed E-state index contributed by atoms with van der Waals surface area (Å²) < 4.78 is 4.93. The first kappa shape index (κ1) is 16.4. The molecule has 0 heterocycles. The van der Waals surface area contributed by atoms with Gasteiger partial charge in [0.2, 0.25) is 5.91 Å². The second-order valence-electron chi connectivity index (χ2n) is 4.53. The van der Waals surface area contributed by atoms with Gasteiger partial charge in [-0.05, 0) is 32.2 Å². The van der Waals surface area contributed by atoms with Crippen molar-refractivity contribution in [2.45, 2.75) is 32.7 Å². The van der Waals surface area contributed by atoms with E-state index in [4.69, 9.17) is 9.84 Å². The third-order valence-electron chi connectivity index (χ3n) is 2.47. The Morgan fingerprint density at radius 2 is 2.12 bits per heavy atom. The molecule has 5 heteroatoms.